The molecule has 140 heavy (non-hydrogen) atoms. The third-order valence-corrected chi connectivity index (χ3v) is 34.0. The number of allylic oxidation sites excluding steroid dienone is 1. The van der Waals surface area contributed by atoms with Crippen molar-refractivity contribution in [3.05, 3.63) is 384 Å². The average molecular weight is 2290 g/mol. The maximum absolute atomic E-state index is 9.67. The Morgan fingerprint density at radius 2 is 0.800 bits per heavy atom. The number of aryl methyl sites for hydroxylation is 4. The summed E-state index contributed by atoms with van der Waals surface area (Å²) in [5, 5.41) is 11.3. The summed E-state index contributed by atoms with van der Waals surface area (Å²) in [6.45, 7) is 54.1. The minimum Gasteiger partial charge on any atom is -1.00 e. The van der Waals surface area contributed by atoms with Gasteiger partial charge in [0.15, 0.2) is 11.8 Å². The molecule has 0 saturated carbocycles. The summed E-state index contributed by atoms with van der Waals surface area (Å²) < 4.78 is 49.5. The van der Waals surface area contributed by atoms with E-state index < -0.39 is 53.4 Å². The predicted molar refractivity (Wildman–Crippen MR) is 612 cm³/mol. The van der Waals surface area contributed by atoms with Gasteiger partial charge < -0.3 is 19.0 Å². The summed E-state index contributed by atoms with van der Waals surface area (Å²) >= 11 is 1.54. The first-order chi connectivity index (χ1) is 64.6. The second-order valence-electron chi connectivity index (χ2n) is 37.8. The second-order valence-corrected chi connectivity index (χ2v) is 60.7. The molecule has 1 saturated heterocycles. The van der Waals surface area contributed by atoms with Crippen molar-refractivity contribution in [1.82, 2.24) is 0 Å². The van der Waals surface area contributed by atoms with Gasteiger partial charge in [-0.3, -0.25) is 12.9 Å². The molecule has 0 aromatic heterocycles. The summed E-state index contributed by atoms with van der Waals surface area (Å²) in [6.07, 6.45) is 13.7. The molecule has 2 aliphatic rings. The number of hydrogen-bond donors (Lipinski definition) is 0. The van der Waals surface area contributed by atoms with Crippen molar-refractivity contribution >= 4 is 160 Å². The van der Waals surface area contributed by atoms with Crippen LogP contribution in [0.2, 0.25) is 39.3 Å². The first-order valence-corrected chi connectivity index (χ1v) is 67.7. The van der Waals surface area contributed by atoms with E-state index in [1.807, 2.05) is 87.8 Å². The zero-order chi connectivity index (χ0) is 101. The van der Waals surface area contributed by atoms with E-state index in [4.69, 9.17) is 52.9 Å². The molecule has 23 heteroatoms. The Bertz CT molecular complexity index is 5280. The van der Waals surface area contributed by atoms with Crippen molar-refractivity contribution in [2.45, 2.75) is 234 Å². The Morgan fingerprint density at radius 1 is 0.486 bits per heavy atom. The van der Waals surface area contributed by atoms with Crippen LogP contribution >= 0.6 is 64.7 Å². The van der Waals surface area contributed by atoms with Crippen LogP contribution < -0.4 is 69.8 Å². The fourth-order valence-corrected chi connectivity index (χ4v) is 32.2. The van der Waals surface area contributed by atoms with Crippen molar-refractivity contribution < 1.29 is 94.3 Å². The Morgan fingerprint density at radius 3 is 1.10 bits per heavy atom. The monoisotopic (exact) mass is 2290 g/mol. The van der Waals surface area contributed by atoms with E-state index in [0.717, 1.165) is 48.3 Å². The van der Waals surface area contributed by atoms with Crippen LogP contribution in [0.25, 0.3) is 32.6 Å². The van der Waals surface area contributed by atoms with Crippen molar-refractivity contribution in [1.29, 1.82) is 0 Å². The largest absolute Gasteiger partial charge is 1.00 e. The first kappa shape index (κ1) is 132. The number of fused-ring (bicyclic) bond motifs is 1. The number of nitrogens with zero attached hydrogens (tertiary/aromatic N) is 3. The summed E-state index contributed by atoms with van der Waals surface area (Å²) in [6, 6.07) is 118. The van der Waals surface area contributed by atoms with Gasteiger partial charge in [0.25, 0.3) is 0 Å². The summed E-state index contributed by atoms with van der Waals surface area (Å²) in [7, 11) is 17.9. The zero-order valence-corrected chi connectivity index (χ0v) is 97.4. The van der Waals surface area contributed by atoms with E-state index in [2.05, 4.69) is 467 Å². The Hall–Kier alpha value is -6.22. The normalized spacial score (nSPS) is 13.1. The van der Waals surface area contributed by atoms with Gasteiger partial charge in [-0.15, -0.1) is 52.1 Å². The van der Waals surface area contributed by atoms with Crippen molar-refractivity contribution in [2.75, 3.05) is 4.90 Å². The van der Waals surface area contributed by atoms with E-state index in [-0.39, 0.29) is 87.7 Å². The standard InChI is InChI=1S/2C18H28N.2C18H15P.C15H11.C12H16O.C10H12O.C6H18NSi2.2CH4.BF3.5ClH.Cu.FH.Li.2Ru/c2*1-7-14-10-9-11-15(8-2)16(14)19-13-17(3,4)12-18(19,5)6;2*1-4-10-16(11-5-1)19(17-12-6-2-7-13-17)18-14-8-3-9-15-18;1-2-6-12(7-3-1)15-11-10-13-8-4-5-9-14(13)15;1-4-7-11-8-5-6-9-12(11)13-10(2)3;1-8(2)11-10-7-5-4-6-9(10)3;1-8(2,3)7-9(4,5)6;;;2-1(3)4;;;;;;;;;;/h2*9-11,13H,7-8,12H2,1-6H3;2*1-15H;1-11H;4-10H,1-3H3;3-8H,1-2H3;1-6H3;2*1H4;;5*1H;;1H;;;/q-1;+1;;;-1;;;-1;;;;;;;;;+1;;+1;2*+2/p-4. The molecule has 13 aromatic carbocycles. The van der Waals surface area contributed by atoms with Crippen LogP contribution in [-0.2, 0) is 69.4 Å². The number of para-hydroxylation sites is 4. The van der Waals surface area contributed by atoms with E-state index in [0.29, 0.717) is 0 Å². The molecular formula is C117H153BCl5CuF4LiN3O2P2Ru2Si2. The fraction of sp³-hybridized carbons (Fsp3) is 0.316. The predicted octanol–water partition coefficient (Wildman–Crippen LogP) is 28.6. The molecule has 0 radical (unpaired) electrons. The van der Waals surface area contributed by atoms with Crippen LogP contribution in [0.4, 0.5) is 24.3 Å². The number of rotatable bonds is 21. The topological polar surface area (TPSA) is 38.8 Å². The summed E-state index contributed by atoms with van der Waals surface area (Å²) in [5.41, 5.74) is 14.5. The number of hydrogen-bond acceptors (Lipinski definition) is 3. The Kier molecular flexibility index (Phi) is 64.3. The Labute approximate surface area is 901 Å². The molecule has 1 fully saturated rings. The van der Waals surface area contributed by atoms with Crippen LogP contribution in [0.5, 0.6) is 11.5 Å². The van der Waals surface area contributed by atoms with Gasteiger partial charge in [-0.25, -0.2) is 6.54 Å². The molecule has 2 heterocycles. The average Bonchev–Trinajstić information content (AvgIpc) is 1.64. The van der Waals surface area contributed by atoms with E-state index in [1.54, 1.807) is 0 Å². The molecule has 760 valence electrons. The minimum absolute atomic E-state index is 0. The number of benzene rings is 12. The van der Waals surface area contributed by atoms with Gasteiger partial charge in [0.05, 0.1) is 21.9 Å². The zero-order valence-electron chi connectivity index (χ0n) is 85.2. The van der Waals surface area contributed by atoms with E-state index in [9.17, 15) is 12.9 Å². The maximum Gasteiger partial charge on any atom is 1.00 e. The molecule has 0 unspecified atom stereocenters. The van der Waals surface area contributed by atoms with Crippen LogP contribution in [0.1, 0.15) is 179 Å². The first-order valence-electron chi connectivity index (χ1n) is 46.5. The van der Waals surface area contributed by atoms with E-state index in [1.165, 1.54) is 100 Å². The number of halogens is 9. The molecular weight excluding hydrogens is 2130 g/mol. The van der Waals surface area contributed by atoms with Crippen molar-refractivity contribution in [3.8, 4) is 22.6 Å². The summed E-state index contributed by atoms with van der Waals surface area (Å²) in [5.74, 6) is 1.80. The van der Waals surface area contributed by atoms with Crippen LogP contribution in [-0.4, -0.2) is 62.7 Å². The van der Waals surface area contributed by atoms with Gasteiger partial charge in [-0.2, -0.15) is 4.58 Å². The molecule has 15 rings (SSSR count). The summed E-state index contributed by atoms with van der Waals surface area (Å²) in [4.78, 5) is 2.55. The van der Waals surface area contributed by atoms with Crippen molar-refractivity contribution in [2.24, 2.45) is 10.8 Å². The molecule has 5 nitrogen and oxygen atoms in total. The second kappa shape index (κ2) is 68.3. The molecule has 13 aromatic rings. The minimum atomic E-state index is -3.67. The molecule has 0 amide bonds. The van der Waals surface area contributed by atoms with Crippen LogP contribution in [0.15, 0.2) is 340 Å². The van der Waals surface area contributed by atoms with Gasteiger partial charge in [-0.05, 0) is 150 Å². The molecule has 0 atom stereocenters. The van der Waals surface area contributed by atoms with Crippen LogP contribution in [0.3, 0.4) is 0 Å². The quantitative estimate of drug-likeness (QED) is 0.0237. The third kappa shape index (κ3) is 47.1. The van der Waals surface area contributed by atoms with Gasteiger partial charge in [0.2, 0.25) is 5.69 Å². The van der Waals surface area contributed by atoms with Gasteiger partial charge in [-0.1, -0.05) is 350 Å². The van der Waals surface area contributed by atoms with Gasteiger partial charge in [0, 0.05) is 53.6 Å². The number of anilines is 1. The number of ether oxygens (including phenoxy) is 2. The van der Waals surface area contributed by atoms with Gasteiger partial charge in [0.1, 0.15) is 37.6 Å². The smallest absolute Gasteiger partial charge is 1.00 e. The molecule has 0 bridgehead atoms. The third-order valence-electron chi connectivity index (χ3n) is 21.4. The Balaban J connectivity index is 0.000000792. The fourth-order valence-electron chi connectivity index (χ4n) is 17.1. The molecule has 0 aliphatic carbocycles. The molecule has 0 spiro atoms. The maximum atomic E-state index is 9.67. The molecule has 0 N–H and O–H groups in total. The van der Waals surface area contributed by atoms with Crippen molar-refractivity contribution in [3.63, 3.8) is 0 Å². The van der Waals surface area contributed by atoms with Crippen LogP contribution in [0, 0.1) is 17.4 Å². The molecule has 2 aliphatic heterocycles. The van der Waals surface area contributed by atoms with Gasteiger partial charge >= 0.3 is 184 Å². The van der Waals surface area contributed by atoms with E-state index >= 15 is 0 Å². The SMILES string of the molecule is C.C.CC(C)Oc1ccccc1[CH]=[Ru]([Cl])[Cl].CC=Cc1ccccc1OC(C)C.CCc1cccc(CC)c1N1[CH-]C(C)(C)CC1(C)C.CCc1cccc(CC)c1[N+]1=CC(C)(C)CC1(C)C.C[Si](C)(C)[N-][Si](C)(C)C.FB(F)F.[Cl][Cu].[Cl][Ru][Cl].[F-].[Li+].c1ccc(-c2c[cH-]c3ccccc23)cc1.c1ccc([PH+](c2ccccc2)c2ccccc2)cc1.c1ccc([PH+](c2ccccc2)c2ccccc2)cc1.